The van der Waals surface area contributed by atoms with Gasteiger partial charge in [0.15, 0.2) is 6.10 Å². The fraction of sp³-hybridized carbons (Fsp3) is 0.587. The van der Waals surface area contributed by atoms with E-state index in [1.807, 2.05) is 50.1 Å². The standard InChI is InChI=1S/C46H58N4O9/c1-8-42(54)23-28-24-45(40(52)57-6,36-30(15-19-49(25-28)26-42)29-13-10-11-14-33(29)47-36)32-21-31-34(22-35(32)56-5)48(4)38-44(31)17-20-50-18-12-16-43(9-2,37(44)50)39(59-27(3)51)46(38,55)41(53)58-7/h10-14,16,21-22,28,37-39,47,54-55H,8-9,15,17-20,23-26H2,1-7H3/t28-,37-,38-,39+,42-,43-,44+,45-,46-/m0/s1. The average molecular weight is 811 g/mol. The minimum atomic E-state index is -2.30. The largest absolute Gasteiger partial charge is 0.496 e. The van der Waals surface area contributed by atoms with Gasteiger partial charge < -0.3 is 39.0 Å². The third-order valence-electron chi connectivity index (χ3n) is 15.6. The number of piperidine rings is 1. The van der Waals surface area contributed by atoms with Crippen molar-refractivity contribution in [3.8, 4) is 5.75 Å². The van der Waals surface area contributed by atoms with Crippen LogP contribution in [0.15, 0.2) is 48.6 Å². The summed E-state index contributed by atoms with van der Waals surface area (Å²) >= 11 is 0. The van der Waals surface area contributed by atoms with Crippen LogP contribution in [0.5, 0.6) is 5.75 Å². The zero-order valence-electron chi connectivity index (χ0n) is 35.3. The molecule has 5 aliphatic heterocycles. The fourth-order valence-corrected chi connectivity index (χ4v) is 13.5. The number of anilines is 1. The number of fused-ring (bicyclic) bond motifs is 6. The van der Waals surface area contributed by atoms with Crippen LogP contribution in [-0.2, 0) is 45.8 Å². The number of para-hydroxylation sites is 1. The van der Waals surface area contributed by atoms with Crippen molar-refractivity contribution in [2.24, 2.45) is 11.3 Å². The van der Waals surface area contributed by atoms with E-state index < -0.39 is 57.5 Å². The van der Waals surface area contributed by atoms with Crippen LogP contribution < -0.4 is 9.64 Å². The van der Waals surface area contributed by atoms with Crippen LogP contribution in [0, 0.1) is 11.3 Å². The van der Waals surface area contributed by atoms with Gasteiger partial charge >= 0.3 is 17.9 Å². The Bertz CT molecular complexity index is 2260. The number of carbonyl (C=O) groups excluding carboxylic acids is 3. The molecule has 316 valence electrons. The van der Waals surface area contributed by atoms with Crippen LogP contribution in [-0.4, -0.2) is 133 Å². The van der Waals surface area contributed by atoms with E-state index in [0.29, 0.717) is 82.6 Å². The molecule has 1 aromatic heterocycles. The van der Waals surface area contributed by atoms with Crippen LogP contribution in [0.1, 0.15) is 75.3 Å². The monoisotopic (exact) mass is 810 g/mol. The molecule has 2 bridgehead atoms. The Morgan fingerprint density at radius 1 is 0.949 bits per heavy atom. The van der Waals surface area contributed by atoms with Crippen molar-refractivity contribution in [2.45, 2.75) is 99.5 Å². The minimum Gasteiger partial charge on any atom is -0.496 e. The number of aromatic nitrogens is 1. The Morgan fingerprint density at radius 2 is 1.71 bits per heavy atom. The number of aromatic amines is 1. The molecule has 0 radical (unpaired) electrons. The number of hydrogen-bond donors (Lipinski definition) is 3. The molecule has 3 fully saturated rings. The second-order valence-electron chi connectivity index (χ2n) is 18.2. The lowest BCUT2D eigenvalue weighted by Gasteiger charge is -2.63. The normalized spacial score (nSPS) is 37.0. The van der Waals surface area contributed by atoms with Crippen molar-refractivity contribution in [3.05, 3.63) is 70.9 Å². The molecule has 6 heterocycles. The summed E-state index contributed by atoms with van der Waals surface area (Å²) in [6.07, 6.45) is 5.94. The van der Waals surface area contributed by atoms with Gasteiger partial charge in [-0.05, 0) is 74.2 Å². The lowest BCUT2D eigenvalue weighted by Crippen LogP contribution is -2.81. The summed E-state index contributed by atoms with van der Waals surface area (Å²) in [5, 5.41) is 26.3. The maximum absolute atomic E-state index is 15.3. The maximum Gasteiger partial charge on any atom is 0.344 e. The molecule has 1 unspecified atom stereocenters. The lowest BCUT2D eigenvalue weighted by atomic mass is 9.47. The number of nitrogens with one attached hydrogen (secondary N) is 1. The molecule has 10 atom stereocenters. The molecule has 59 heavy (non-hydrogen) atoms. The summed E-state index contributed by atoms with van der Waals surface area (Å²) in [6, 6.07) is 11.0. The summed E-state index contributed by atoms with van der Waals surface area (Å²) in [7, 11) is 6.15. The van der Waals surface area contributed by atoms with Crippen LogP contribution in [0.2, 0.25) is 0 Å². The van der Waals surface area contributed by atoms with E-state index in [4.69, 9.17) is 18.9 Å². The molecule has 13 nitrogen and oxygen atoms in total. The van der Waals surface area contributed by atoms with Crippen molar-refractivity contribution < 1.29 is 43.5 Å². The number of aliphatic hydroxyl groups is 2. The van der Waals surface area contributed by atoms with Gasteiger partial charge in [-0.25, -0.2) is 4.79 Å². The summed E-state index contributed by atoms with van der Waals surface area (Å²) < 4.78 is 23.9. The van der Waals surface area contributed by atoms with E-state index in [1.165, 1.54) is 21.1 Å². The Morgan fingerprint density at radius 3 is 2.41 bits per heavy atom. The quantitative estimate of drug-likeness (QED) is 0.180. The summed E-state index contributed by atoms with van der Waals surface area (Å²) in [4.78, 5) is 53.2. The molecular formula is C46H58N4O9. The van der Waals surface area contributed by atoms with Gasteiger partial charge in [0, 0.05) is 90.9 Å². The predicted molar refractivity (Wildman–Crippen MR) is 220 cm³/mol. The van der Waals surface area contributed by atoms with E-state index in [9.17, 15) is 19.8 Å². The second-order valence-corrected chi connectivity index (χ2v) is 18.2. The number of benzene rings is 2. The molecule has 3 aromatic rings. The molecule has 1 spiro atoms. The van der Waals surface area contributed by atoms with E-state index in [-0.39, 0.29) is 12.0 Å². The van der Waals surface area contributed by atoms with Crippen LogP contribution in [0.4, 0.5) is 5.69 Å². The predicted octanol–water partition coefficient (Wildman–Crippen LogP) is 3.99. The molecule has 13 heteroatoms. The van der Waals surface area contributed by atoms with Crippen molar-refractivity contribution in [2.75, 3.05) is 66.0 Å². The molecule has 9 rings (SSSR count). The second kappa shape index (κ2) is 13.8. The first kappa shape index (κ1) is 40.0. The molecular weight excluding hydrogens is 753 g/mol. The van der Waals surface area contributed by atoms with Crippen LogP contribution in [0.25, 0.3) is 10.9 Å². The van der Waals surface area contributed by atoms with E-state index in [0.717, 1.165) is 33.4 Å². The fourth-order valence-electron chi connectivity index (χ4n) is 13.5. The molecule has 1 saturated carbocycles. The molecule has 0 amide bonds. The zero-order valence-corrected chi connectivity index (χ0v) is 35.3. The van der Waals surface area contributed by atoms with Crippen LogP contribution >= 0.6 is 0 Å². The smallest absolute Gasteiger partial charge is 0.344 e. The Balaban J connectivity index is 1.36. The van der Waals surface area contributed by atoms with Gasteiger partial charge in [0.25, 0.3) is 0 Å². The van der Waals surface area contributed by atoms with Gasteiger partial charge in [-0.15, -0.1) is 0 Å². The Kier molecular flexibility index (Phi) is 9.36. The molecule has 6 aliphatic rings. The number of nitrogens with zero attached hydrogens (tertiary/aromatic N) is 3. The summed E-state index contributed by atoms with van der Waals surface area (Å²) in [6.45, 7) is 8.62. The highest BCUT2D eigenvalue weighted by Crippen LogP contribution is 2.68. The number of carbonyl (C=O) groups is 3. The Labute approximate surface area is 345 Å². The van der Waals surface area contributed by atoms with Crippen LogP contribution in [0.3, 0.4) is 0 Å². The average Bonchev–Trinajstić information content (AvgIpc) is 3.90. The molecule has 1 aliphatic carbocycles. The number of rotatable bonds is 7. The molecule has 2 saturated heterocycles. The third-order valence-corrected chi connectivity index (χ3v) is 15.6. The lowest BCUT2D eigenvalue weighted by molar-refractivity contribution is -0.228. The first-order valence-corrected chi connectivity index (χ1v) is 21.2. The number of methoxy groups -OCH3 is 3. The first-order valence-electron chi connectivity index (χ1n) is 21.2. The summed E-state index contributed by atoms with van der Waals surface area (Å²) in [5.41, 5.74) is -1.62. The summed E-state index contributed by atoms with van der Waals surface area (Å²) in [5.74, 6) is -1.56. The first-order chi connectivity index (χ1) is 28.2. The number of H-pyrrole nitrogens is 1. The number of esters is 3. The van der Waals surface area contributed by atoms with Crippen molar-refractivity contribution >= 4 is 34.5 Å². The maximum atomic E-state index is 15.3. The van der Waals surface area contributed by atoms with E-state index in [2.05, 4.69) is 39.1 Å². The highest BCUT2D eigenvalue weighted by Gasteiger charge is 2.80. The molecule has 2 aromatic carbocycles. The number of likely N-dealkylation sites (N-methyl/N-ethyl adjacent to an activating group) is 1. The SMILES string of the molecule is CC[C@]1(O)C[C@@H]2CN(CCc3c([nH]c4ccccc34)[C@@](C(=O)OC)(c3cc4c(cc3OC)N(C)[C@@H]3[C@@](O)(C(=O)OC)[C@H](OC(C)=O)[C@@]5(CC)C=CCN6CC[C@]43[C@@H]65)C2)C1. The van der Waals surface area contributed by atoms with Gasteiger partial charge in [0.2, 0.25) is 5.60 Å². The minimum absolute atomic E-state index is 0.0986. The number of ether oxygens (including phenoxy) is 4. The van der Waals surface area contributed by atoms with Gasteiger partial charge in [0.05, 0.1) is 33.0 Å². The van der Waals surface area contributed by atoms with Crippen molar-refractivity contribution in [1.29, 1.82) is 0 Å². The highest BCUT2D eigenvalue weighted by molar-refractivity contribution is 5.95. The van der Waals surface area contributed by atoms with Gasteiger partial charge in [-0.3, -0.25) is 19.4 Å². The van der Waals surface area contributed by atoms with Gasteiger partial charge in [-0.2, -0.15) is 0 Å². The van der Waals surface area contributed by atoms with Crippen molar-refractivity contribution in [1.82, 2.24) is 14.8 Å². The van der Waals surface area contributed by atoms with Gasteiger partial charge in [-0.1, -0.05) is 44.2 Å². The highest BCUT2D eigenvalue weighted by atomic mass is 16.6. The molecule has 3 N–H and O–H groups in total. The van der Waals surface area contributed by atoms with E-state index >= 15 is 4.79 Å². The number of hydrogen-bond acceptors (Lipinski definition) is 12. The van der Waals surface area contributed by atoms with E-state index in [1.54, 1.807) is 7.11 Å². The Hall–Kier alpha value is -4.43. The van der Waals surface area contributed by atoms with Crippen molar-refractivity contribution in [3.63, 3.8) is 0 Å². The van der Waals surface area contributed by atoms with Gasteiger partial charge in [0.1, 0.15) is 11.2 Å². The zero-order chi connectivity index (χ0) is 41.9. The third kappa shape index (κ3) is 5.20. The topological polar surface area (TPSA) is 154 Å².